The number of azide groups is 1. The zero-order valence-corrected chi connectivity index (χ0v) is 11.0. The van der Waals surface area contributed by atoms with Crippen molar-refractivity contribution in [1.82, 2.24) is 0 Å². The van der Waals surface area contributed by atoms with Crippen LogP contribution in [0.2, 0.25) is 0 Å². The predicted molar refractivity (Wildman–Crippen MR) is 69.3 cm³/mol. The minimum absolute atomic E-state index is 0.0596. The Bertz CT molecular complexity index is 410. The van der Waals surface area contributed by atoms with E-state index < -0.39 is 9.83 Å². The van der Waals surface area contributed by atoms with Crippen molar-refractivity contribution >= 4 is 34.8 Å². The molecule has 0 aliphatic heterocycles. The molecule has 0 saturated carbocycles. The van der Waals surface area contributed by atoms with Gasteiger partial charge in [-0.05, 0) is 17.5 Å². The summed E-state index contributed by atoms with van der Waals surface area (Å²) in [6.07, 6.45) is 0.358. The highest BCUT2D eigenvalue weighted by Crippen LogP contribution is 2.38. The van der Waals surface area contributed by atoms with Gasteiger partial charge in [-0.3, -0.25) is 0 Å². The van der Waals surface area contributed by atoms with Gasteiger partial charge in [-0.1, -0.05) is 64.2 Å². The molecule has 0 amide bonds. The van der Waals surface area contributed by atoms with Gasteiger partial charge in [0.2, 0.25) is 3.79 Å². The average molecular weight is 295 g/mol. The van der Waals surface area contributed by atoms with E-state index in [0.717, 1.165) is 5.56 Å². The van der Waals surface area contributed by atoms with Crippen molar-refractivity contribution < 1.29 is 5.11 Å². The number of aliphatic hydroxyl groups is 1. The second-order valence-electron chi connectivity index (χ2n) is 3.35. The van der Waals surface area contributed by atoms with Crippen molar-refractivity contribution in [2.45, 2.75) is 16.3 Å². The number of alkyl halides is 3. The average Bonchev–Trinajstić information content (AvgIpc) is 2.28. The first kappa shape index (κ1) is 14.4. The van der Waals surface area contributed by atoms with E-state index in [4.69, 9.17) is 45.4 Å². The van der Waals surface area contributed by atoms with Gasteiger partial charge in [0.05, 0.1) is 6.04 Å². The maximum Gasteiger partial charge on any atom is 0.216 e. The van der Waals surface area contributed by atoms with Gasteiger partial charge in [-0.2, -0.15) is 0 Å². The number of benzene rings is 1. The quantitative estimate of drug-likeness (QED) is 0.383. The highest BCUT2D eigenvalue weighted by atomic mass is 35.6. The van der Waals surface area contributed by atoms with E-state index in [-0.39, 0.29) is 6.61 Å². The van der Waals surface area contributed by atoms with Gasteiger partial charge in [-0.15, -0.1) is 0 Å². The third-order valence-electron chi connectivity index (χ3n) is 2.22. The fraction of sp³-hybridized carbons (Fsp3) is 0.400. The van der Waals surface area contributed by atoms with Crippen LogP contribution in [0.15, 0.2) is 29.4 Å². The van der Waals surface area contributed by atoms with Crippen molar-refractivity contribution in [2.24, 2.45) is 5.11 Å². The number of hydrogen-bond acceptors (Lipinski definition) is 2. The van der Waals surface area contributed by atoms with E-state index in [1.54, 1.807) is 24.3 Å². The zero-order valence-electron chi connectivity index (χ0n) is 8.72. The summed E-state index contributed by atoms with van der Waals surface area (Å²) in [7, 11) is 0. The molecule has 0 aromatic heterocycles. The van der Waals surface area contributed by atoms with Gasteiger partial charge in [-0.25, -0.2) is 0 Å². The van der Waals surface area contributed by atoms with Crippen LogP contribution >= 0.6 is 34.8 Å². The molecule has 7 heteroatoms. The standard InChI is InChI=1S/C10H10Cl3N3O/c11-10(12,13)8-3-1-7(2-4-8)9(5-6-17)15-16-14/h1-4,9,17H,5-6H2. The molecule has 0 saturated heterocycles. The van der Waals surface area contributed by atoms with Crippen LogP contribution in [0.25, 0.3) is 10.4 Å². The number of halogens is 3. The van der Waals surface area contributed by atoms with Crippen LogP contribution < -0.4 is 0 Å². The molecule has 0 fully saturated rings. The van der Waals surface area contributed by atoms with Crippen LogP contribution in [0.4, 0.5) is 0 Å². The first-order valence-corrected chi connectivity index (χ1v) is 5.94. The van der Waals surface area contributed by atoms with Crippen LogP contribution in [-0.4, -0.2) is 11.7 Å². The molecule has 92 valence electrons. The van der Waals surface area contributed by atoms with E-state index in [1.165, 1.54) is 0 Å². The molecule has 1 rings (SSSR count). The second kappa shape index (κ2) is 6.34. The number of rotatable bonds is 4. The highest BCUT2D eigenvalue weighted by molar-refractivity contribution is 6.66. The minimum Gasteiger partial charge on any atom is -0.396 e. The fourth-order valence-corrected chi connectivity index (χ4v) is 1.75. The molecule has 4 nitrogen and oxygen atoms in total. The molecule has 1 atom stereocenters. The lowest BCUT2D eigenvalue weighted by Crippen LogP contribution is -2.02. The summed E-state index contributed by atoms with van der Waals surface area (Å²) in [5, 5.41) is 12.5. The maximum atomic E-state index is 8.86. The molecule has 0 spiro atoms. The topological polar surface area (TPSA) is 69.0 Å². The Morgan fingerprint density at radius 1 is 1.29 bits per heavy atom. The SMILES string of the molecule is [N-]=[N+]=NC(CCO)c1ccc(C(Cl)(Cl)Cl)cc1. The zero-order chi connectivity index (χ0) is 12.9. The monoisotopic (exact) mass is 293 g/mol. The first-order valence-electron chi connectivity index (χ1n) is 4.81. The van der Waals surface area contributed by atoms with E-state index in [0.29, 0.717) is 12.0 Å². The highest BCUT2D eigenvalue weighted by Gasteiger charge is 2.22. The number of aliphatic hydroxyl groups excluding tert-OH is 1. The van der Waals surface area contributed by atoms with Gasteiger partial charge < -0.3 is 5.11 Å². The van der Waals surface area contributed by atoms with Crippen molar-refractivity contribution in [2.75, 3.05) is 6.61 Å². The number of nitrogens with zero attached hydrogens (tertiary/aromatic N) is 3. The Labute approximate surface area is 114 Å². The predicted octanol–water partition coefficient (Wildman–Crippen LogP) is 4.25. The van der Waals surface area contributed by atoms with Crippen molar-refractivity contribution in [1.29, 1.82) is 0 Å². The van der Waals surface area contributed by atoms with Gasteiger partial charge in [0.15, 0.2) is 0 Å². The third-order valence-corrected chi connectivity index (χ3v) is 2.87. The van der Waals surface area contributed by atoms with Gasteiger partial charge in [0.1, 0.15) is 0 Å². The summed E-state index contributed by atoms with van der Waals surface area (Å²) in [5.74, 6) is 0. The molecule has 0 radical (unpaired) electrons. The van der Waals surface area contributed by atoms with E-state index in [9.17, 15) is 0 Å². The summed E-state index contributed by atoms with van der Waals surface area (Å²) in [6.45, 7) is -0.0596. The van der Waals surface area contributed by atoms with Crippen molar-refractivity contribution in [3.63, 3.8) is 0 Å². The van der Waals surface area contributed by atoms with Crippen LogP contribution in [0, 0.1) is 0 Å². The van der Waals surface area contributed by atoms with Crippen LogP contribution in [0.5, 0.6) is 0 Å². The van der Waals surface area contributed by atoms with Gasteiger partial charge in [0.25, 0.3) is 0 Å². The van der Waals surface area contributed by atoms with Gasteiger partial charge >= 0.3 is 0 Å². The summed E-state index contributed by atoms with van der Waals surface area (Å²) in [6, 6.07) is 6.33. The van der Waals surface area contributed by atoms with Crippen molar-refractivity contribution in [3.05, 3.63) is 45.8 Å². The molecular weight excluding hydrogens is 284 g/mol. The van der Waals surface area contributed by atoms with Crippen LogP contribution in [0.1, 0.15) is 23.6 Å². The Hall–Kier alpha value is -0.640. The molecule has 1 N–H and O–H groups in total. The lowest BCUT2D eigenvalue weighted by atomic mass is 10.0. The largest absolute Gasteiger partial charge is 0.396 e. The maximum absolute atomic E-state index is 8.86. The molecular formula is C10H10Cl3N3O. The molecule has 0 heterocycles. The Morgan fingerprint density at radius 2 is 1.88 bits per heavy atom. The molecule has 1 unspecified atom stereocenters. The van der Waals surface area contributed by atoms with Crippen LogP contribution in [-0.2, 0) is 3.79 Å². The Kier molecular flexibility index (Phi) is 5.37. The summed E-state index contributed by atoms with van der Waals surface area (Å²) < 4.78 is -1.47. The lowest BCUT2D eigenvalue weighted by Gasteiger charge is -2.14. The third kappa shape index (κ3) is 4.26. The smallest absolute Gasteiger partial charge is 0.216 e. The van der Waals surface area contributed by atoms with E-state index in [2.05, 4.69) is 10.0 Å². The summed E-state index contributed by atoms with van der Waals surface area (Å²) in [4.78, 5) is 2.74. The normalized spacial score (nSPS) is 12.9. The molecule has 17 heavy (non-hydrogen) atoms. The van der Waals surface area contributed by atoms with E-state index in [1.807, 2.05) is 0 Å². The lowest BCUT2D eigenvalue weighted by molar-refractivity contribution is 0.276. The molecule has 1 aromatic carbocycles. The van der Waals surface area contributed by atoms with E-state index >= 15 is 0 Å². The second-order valence-corrected chi connectivity index (χ2v) is 5.63. The molecule has 1 aromatic rings. The summed E-state index contributed by atoms with van der Waals surface area (Å²) >= 11 is 17.2. The van der Waals surface area contributed by atoms with Gasteiger partial charge in [0, 0.05) is 17.1 Å². The van der Waals surface area contributed by atoms with Crippen LogP contribution in [0.3, 0.4) is 0 Å². The number of hydrogen-bond donors (Lipinski definition) is 1. The molecule has 0 aliphatic rings. The van der Waals surface area contributed by atoms with Crippen molar-refractivity contribution in [3.8, 4) is 0 Å². The first-order chi connectivity index (χ1) is 7.99. The Morgan fingerprint density at radius 3 is 2.29 bits per heavy atom. The molecule has 0 aliphatic carbocycles. The fourth-order valence-electron chi connectivity index (χ4n) is 1.37. The molecule has 0 bridgehead atoms. The Balaban J connectivity index is 2.95. The summed E-state index contributed by atoms with van der Waals surface area (Å²) in [5.41, 5.74) is 9.73. The minimum atomic E-state index is -1.47.